The van der Waals surface area contributed by atoms with Crippen LogP contribution in [0.5, 0.6) is 0 Å². The summed E-state index contributed by atoms with van der Waals surface area (Å²) < 4.78 is 1.88. The molecule has 0 bridgehead atoms. The Kier molecular flexibility index (Phi) is 4.17. The molecule has 0 radical (unpaired) electrons. The van der Waals surface area contributed by atoms with E-state index in [4.69, 9.17) is 5.73 Å². The fourth-order valence-electron chi connectivity index (χ4n) is 2.41. The monoisotopic (exact) mass is 250 g/mol. The normalized spacial score (nSPS) is 19.8. The second kappa shape index (κ2) is 5.84. The van der Waals surface area contributed by atoms with Crippen molar-refractivity contribution >= 4 is 5.96 Å². The lowest BCUT2D eigenvalue weighted by Gasteiger charge is -2.20. The average Bonchev–Trinajstić information content (AvgIpc) is 2.76. The summed E-state index contributed by atoms with van der Waals surface area (Å²) in [5.41, 5.74) is 5.94. The van der Waals surface area contributed by atoms with E-state index in [1.54, 1.807) is 6.33 Å². The van der Waals surface area contributed by atoms with Crippen molar-refractivity contribution in [1.82, 2.24) is 20.1 Å². The maximum Gasteiger partial charge on any atom is 0.189 e. The Labute approximate surface area is 108 Å². The molecule has 0 amide bonds. The van der Waals surface area contributed by atoms with Gasteiger partial charge in [0.1, 0.15) is 6.33 Å². The SMILES string of the molecule is CC(NC(N)=NC1CCCCC1)c1nncn1C. The van der Waals surface area contributed by atoms with Gasteiger partial charge in [0.25, 0.3) is 0 Å². The van der Waals surface area contributed by atoms with Gasteiger partial charge in [-0.25, -0.2) is 0 Å². The number of aryl methyl sites for hydroxylation is 1. The Balaban J connectivity index is 1.92. The highest BCUT2D eigenvalue weighted by Gasteiger charge is 2.15. The lowest BCUT2D eigenvalue weighted by molar-refractivity contribution is 0.441. The van der Waals surface area contributed by atoms with E-state index in [1.807, 2.05) is 18.5 Å². The van der Waals surface area contributed by atoms with Crippen LogP contribution in [0, 0.1) is 0 Å². The fraction of sp³-hybridized carbons (Fsp3) is 0.750. The second-order valence-corrected chi connectivity index (χ2v) is 4.97. The Hall–Kier alpha value is -1.59. The number of aromatic nitrogens is 3. The molecule has 1 fully saturated rings. The molecule has 1 heterocycles. The van der Waals surface area contributed by atoms with E-state index < -0.39 is 0 Å². The Morgan fingerprint density at radius 1 is 1.50 bits per heavy atom. The summed E-state index contributed by atoms with van der Waals surface area (Å²) in [4.78, 5) is 4.54. The summed E-state index contributed by atoms with van der Waals surface area (Å²) in [6, 6.07) is 0.405. The van der Waals surface area contributed by atoms with E-state index >= 15 is 0 Å². The van der Waals surface area contributed by atoms with Crippen LogP contribution >= 0.6 is 0 Å². The van der Waals surface area contributed by atoms with Gasteiger partial charge < -0.3 is 15.6 Å². The fourth-order valence-corrected chi connectivity index (χ4v) is 2.41. The van der Waals surface area contributed by atoms with Crippen LogP contribution in [0.25, 0.3) is 0 Å². The van der Waals surface area contributed by atoms with Crippen molar-refractivity contribution in [2.45, 2.75) is 51.1 Å². The van der Waals surface area contributed by atoms with Crippen molar-refractivity contribution in [1.29, 1.82) is 0 Å². The van der Waals surface area contributed by atoms with Crippen molar-refractivity contribution in [3.8, 4) is 0 Å². The summed E-state index contributed by atoms with van der Waals surface area (Å²) in [7, 11) is 1.92. The lowest BCUT2D eigenvalue weighted by Crippen LogP contribution is -2.36. The molecular formula is C12H22N6. The molecule has 1 atom stereocenters. The van der Waals surface area contributed by atoms with Crippen LogP contribution < -0.4 is 11.1 Å². The lowest BCUT2D eigenvalue weighted by atomic mass is 9.96. The number of guanidine groups is 1. The van der Waals surface area contributed by atoms with Crippen LogP contribution in [0.3, 0.4) is 0 Å². The predicted molar refractivity (Wildman–Crippen MR) is 71.0 cm³/mol. The zero-order chi connectivity index (χ0) is 13.0. The molecule has 18 heavy (non-hydrogen) atoms. The summed E-state index contributed by atoms with van der Waals surface area (Å²) in [6.07, 6.45) is 7.85. The van der Waals surface area contributed by atoms with E-state index in [0.29, 0.717) is 12.0 Å². The van der Waals surface area contributed by atoms with E-state index in [2.05, 4.69) is 20.5 Å². The first-order chi connectivity index (χ1) is 8.66. The van der Waals surface area contributed by atoms with Gasteiger partial charge in [-0.05, 0) is 19.8 Å². The minimum absolute atomic E-state index is 0.0184. The largest absolute Gasteiger partial charge is 0.370 e. The van der Waals surface area contributed by atoms with Crippen LogP contribution in [0.1, 0.15) is 50.9 Å². The molecule has 1 aliphatic carbocycles. The zero-order valence-corrected chi connectivity index (χ0v) is 11.1. The van der Waals surface area contributed by atoms with Gasteiger partial charge in [-0.1, -0.05) is 19.3 Å². The van der Waals surface area contributed by atoms with E-state index in [0.717, 1.165) is 18.7 Å². The van der Waals surface area contributed by atoms with Crippen LogP contribution in [0.15, 0.2) is 11.3 Å². The standard InChI is InChI=1S/C12H22N6/c1-9(11-17-14-8-18(11)2)15-12(13)16-10-6-4-3-5-7-10/h8-10H,3-7H2,1-2H3,(H3,13,15,16). The molecule has 0 saturated heterocycles. The van der Waals surface area contributed by atoms with Gasteiger partial charge >= 0.3 is 0 Å². The topological polar surface area (TPSA) is 81.1 Å². The highest BCUT2D eigenvalue weighted by atomic mass is 15.3. The molecule has 1 aromatic heterocycles. The van der Waals surface area contributed by atoms with Crippen LogP contribution in [-0.4, -0.2) is 26.8 Å². The maximum absolute atomic E-state index is 5.94. The molecule has 2 rings (SSSR count). The summed E-state index contributed by atoms with van der Waals surface area (Å²) in [5.74, 6) is 1.37. The smallest absolute Gasteiger partial charge is 0.189 e. The van der Waals surface area contributed by atoms with Gasteiger partial charge in [0.2, 0.25) is 0 Å². The highest BCUT2D eigenvalue weighted by molar-refractivity contribution is 5.78. The summed E-state index contributed by atoms with van der Waals surface area (Å²) in [5, 5.41) is 11.1. The third-order valence-corrected chi connectivity index (χ3v) is 3.39. The van der Waals surface area contributed by atoms with Crippen molar-refractivity contribution in [2.75, 3.05) is 0 Å². The highest BCUT2D eigenvalue weighted by Crippen LogP contribution is 2.20. The van der Waals surface area contributed by atoms with Gasteiger partial charge in [-0.15, -0.1) is 10.2 Å². The van der Waals surface area contributed by atoms with Crippen molar-refractivity contribution in [3.05, 3.63) is 12.2 Å². The molecular weight excluding hydrogens is 228 g/mol. The molecule has 1 unspecified atom stereocenters. The molecule has 0 aromatic carbocycles. The first-order valence-corrected chi connectivity index (χ1v) is 6.60. The van der Waals surface area contributed by atoms with Crippen LogP contribution in [0.2, 0.25) is 0 Å². The summed E-state index contributed by atoms with van der Waals surface area (Å²) in [6.45, 7) is 2.01. The van der Waals surface area contributed by atoms with Gasteiger partial charge in [0.15, 0.2) is 11.8 Å². The molecule has 1 aromatic rings. The molecule has 3 N–H and O–H groups in total. The number of rotatable bonds is 3. The van der Waals surface area contributed by atoms with Crippen molar-refractivity contribution in [3.63, 3.8) is 0 Å². The Bertz CT molecular complexity index is 404. The molecule has 100 valence electrons. The molecule has 0 spiro atoms. The average molecular weight is 250 g/mol. The first-order valence-electron chi connectivity index (χ1n) is 6.60. The van der Waals surface area contributed by atoms with Crippen LogP contribution in [0.4, 0.5) is 0 Å². The minimum Gasteiger partial charge on any atom is -0.370 e. The maximum atomic E-state index is 5.94. The third-order valence-electron chi connectivity index (χ3n) is 3.39. The number of aliphatic imine (C=N–C) groups is 1. The minimum atomic E-state index is 0.0184. The van der Waals surface area contributed by atoms with Crippen molar-refractivity contribution < 1.29 is 0 Å². The molecule has 6 nitrogen and oxygen atoms in total. The Morgan fingerprint density at radius 3 is 2.83 bits per heavy atom. The van der Waals surface area contributed by atoms with Crippen molar-refractivity contribution in [2.24, 2.45) is 17.8 Å². The molecule has 1 saturated carbocycles. The third kappa shape index (κ3) is 3.21. The number of hydrogen-bond acceptors (Lipinski definition) is 3. The van der Waals surface area contributed by atoms with Gasteiger partial charge in [0, 0.05) is 7.05 Å². The number of nitrogens with one attached hydrogen (secondary N) is 1. The Morgan fingerprint density at radius 2 is 2.22 bits per heavy atom. The number of nitrogens with zero attached hydrogens (tertiary/aromatic N) is 4. The molecule has 1 aliphatic rings. The second-order valence-electron chi connectivity index (χ2n) is 4.97. The number of nitrogens with two attached hydrogens (primary N) is 1. The van der Waals surface area contributed by atoms with E-state index in [9.17, 15) is 0 Å². The van der Waals surface area contributed by atoms with E-state index in [-0.39, 0.29) is 6.04 Å². The van der Waals surface area contributed by atoms with Gasteiger partial charge in [0.05, 0.1) is 12.1 Å². The zero-order valence-electron chi connectivity index (χ0n) is 11.1. The van der Waals surface area contributed by atoms with Gasteiger partial charge in [-0.2, -0.15) is 0 Å². The quantitative estimate of drug-likeness (QED) is 0.622. The first kappa shape index (κ1) is 12.9. The molecule has 6 heteroatoms. The van der Waals surface area contributed by atoms with Crippen LogP contribution in [-0.2, 0) is 7.05 Å². The van der Waals surface area contributed by atoms with Gasteiger partial charge in [-0.3, -0.25) is 4.99 Å². The predicted octanol–water partition coefficient (Wildman–Crippen LogP) is 1.11. The number of hydrogen-bond donors (Lipinski definition) is 2. The summed E-state index contributed by atoms with van der Waals surface area (Å²) >= 11 is 0. The van der Waals surface area contributed by atoms with E-state index in [1.165, 1.54) is 19.3 Å². The molecule has 0 aliphatic heterocycles.